The summed E-state index contributed by atoms with van der Waals surface area (Å²) in [6.07, 6.45) is 3.18. The SMILES string of the molecule is Clc1cnccc1-c1nc(C2COCCN2)no1. The number of rotatable bonds is 2. The fraction of sp³-hybridized carbons (Fsp3) is 0.364. The van der Waals surface area contributed by atoms with Crippen LogP contribution in [-0.2, 0) is 4.74 Å². The second-order valence-corrected chi connectivity index (χ2v) is 4.30. The molecule has 1 saturated heterocycles. The van der Waals surface area contributed by atoms with Crippen molar-refractivity contribution in [1.29, 1.82) is 0 Å². The zero-order valence-electron chi connectivity index (χ0n) is 9.47. The van der Waals surface area contributed by atoms with Crippen LogP contribution in [0.1, 0.15) is 11.9 Å². The van der Waals surface area contributed by atoms with Crippen molar-refractivity contribution in [2.24, 2.45) is 0 Å². The molecule has 94 valence electrons. The normalized spacial score (nSPS) is 19.9. The van der Waals surface area contributed by atoms with E-state index in [1.807, 2.05) is 0 Å². The third-order valence-electron chi connectivity index (χ3n) is 2.68. The van der Waals surface area contributed by atoms with Gasteiger partial charge in [-0.15, -0.1) is 0 Å². The molecule has 0 radical (unpaired) electrons. The lowest BCUT2D eigenvalue weighted by Gasteiger charge is -2.20. The molecule has 6 nitrogen and oxygen atoms in total. The molecule has 18 heavy (non-hydrogen) atoms. The van der Waals surface area contributed by atoms with Crippen LogP contribution < -0.4 is 5.32 Å². The summed E-state index contributed by atoms with van der Waals surface area (Å²) in [7, 11) is 0. The van der Waals surface area contributed by atoms with Crippen LogP contribution >= 0.6 is 11.6 Å². The molecular weight excluding hydrogens is 256 g/mol. The predicted molar refractivity (Wildman–Crippen MR) is 64.1 cm³/mol. The molecule has 7 heteroatoms. The molecule has 2 aromatic heterocycles. The van der Waals surface area contributed by atoms with Crippen molar-refractivity contribution in [3.05, 3.63) is 29.3 Å². The number of pyridine rings is 1. The Labute approximate surface area is 108 Å². The Morgan fingerprint density at radius 2 is 2.39 bits per heavy atom. The van der Waals surface area contributed by atoms with Gasteiger partial charge < -0.3 is 14.6 Å². The summed E-state index contributed by atoms with van der Waals surface area (Å²) >= 11 is 6.02. The molecule has 3 heterocycles. The summed E-state index contributed by atoms with van der Waals surface area (Å²) in [5.74, 6) is 0.974. The van der Waals surface area contributed by atoms with E-state index in [0.717, 1.165) is 6.54 Å². The van der Waals surface area contributed by atoms with Crippen molar-refractivity contribution >= 4 is 11.6 Å². The summed E-state index contributed by atoms with van der Waals surface area (Å²) in [6.45, 7) is 2.03. The fourth-order valence-corrected chi connectivity index (χ4v) is 1.97. The Balaban J connectivity index is 1.87. The van der Waals surface area contributed by atoms with Crippen molar-refractivity contribution in [3.63, 3.8) is 0 Å². The Morgan fingerprint density at radius 3 is 3.17 bits per heavy atom. The minimum atomic E-state index is -0.0307. The molecule has 0 amide bonds. The molecule has 2 aromatic rings. The average molecular weight is 267 g/mol. The Hall–Kier alpha value is -1.50. The van der Waals surface area contributed by atoms with Crippen LogP contribution in [0.5, 0.6) is 0 Å². The van der Waals surface area contributed by atoms with Crippen LogP contribution in [0.4, 0.5) is 0 Å². The monoisotopic (exact) mass is 266 g/mol. The smallest absolute Gasteiger partial charge is 0.259 e. The van der Waals surface area contributed by atoms with E-state index >= 15 is 0 Å². The molecule has 1 aliphatic rings. The van der Waals surface area contributed by atoms with Gasteiger partial charge in [-0.1, -0.05) is 16.8 Å². The van der Waals surface area contributed by atoms with Gasteiger partial charge in [-0.2, -0.15) is 4.98 Å². The van der Waals surface area contributed by atoms with Gasteiger partial charge in [-0.05, 0) is 6.07 Å². The summed E-state index contributed by atoms with van der Waals surface area (Å²) in [6, 6.07) is 1.71. The van der Waals surface area contributed by atoms with E-state index < -0.39 is 0 Å². The number of morpholine rings is 1. The van der Waals surface area contributed by atoms with Gasteiger partial charge in [0.05, 0.1) is 29.8 Å². The van der Waals surface area contributed by atoms with E-state index in [4.69, 9.17) is 20.9 Å². The van der Waals surface area contributed by atoms with Crippen molar-refractivity contribution in [2.45, 2.75) is 6.04 Å². The fourth-order valence-electron chi connectivity index (χ4n) is 1.77. The van der Waals surface area contributed by atoms with Gasteiger partial charge in [0.15, 0.2) is 5.82 Å². The van der Waals surface area contributed by atoms with E-state index in [-0.39, 0.29) is 6.04 Å². The third kappa shape index (κ3) is 2.22. The zero-order chi connectivity index (χ0) is 12.4. The van der Waals surface area contributed by atoms with E-state index in [2.05, 4.69) is 20.4 Å². The highest BCUT2D eigenvalue weighted by Crippen LogP contribution is 2.26. The first-order valence-corrected chi connectivity index (χ1v) is 5.97. The molecule has 1 unspecified atom stereocenters. The van der Waals surface area contributed by atoms with Crippen molar-refractivity contribution in [1.82, 2.24) is 20.4 Å². The molecule has 3 rings (SSSR count). The maximum absolute atomic E-state index is 6.02. The van der Waals surface area contributed by atoms with Gasteiger partial charge in [0.1, 0.15) is 0 Å². The molecule has 1 atom stereocenters. The highest BCUT2D eigenvalue weighted by molar-refractivity contribution is 6.32. The van der Waals surface area contributed by atoms with Crippen LogP contribution in [0.15, 0.2) is 23.0 Å². The molecular formula is C11H11ClN4O2. The van der Waals surface area contributed by atoms with E-state index in [0.29, 0.717) is 35.5 Å². The highest BCUT2D eigenvalue weighted by atomic mass is 35.5. The maximum Gasteiger partial charge on any atom is 0.259 e. The van der Waals surface area contributed by atoms with Crippen molar-refractivity contribution < 1.29 is 9.26 Å². The molecule has 0 aliphatic carbocycles. The van der Waals surface area contributed by atoms with Crippen LogP contribution in [0.3, 0.4) is 0 Å². The topological polar surface area (TPSA) is 73.1 Å². The van der Waals surface area contributed by atoms with Crippen molar-refractivity contribution in [3.8, 4) is 11.5 Å². The number of hydrogen-bond donors (Lipinski definition) is 1. The minimum Gasteiger partial charge on any atom is -0.378 e. The number of ether oxygens (including phenoxy) is 1. The molecule has 1 aliphatic heterocycles. The molecule has 1 fully saturated rings. The quantitative estimate of drug-likeness (QED) is 0.887. The van der Waals surface area contributed by atoms with E-state index in [1.54, 1.807) is 18.5 Å². The Kier molecular flexibility index (Phi) is 3.22. The standard InChI is InChI=1S/C11H11ClN4O2/c12-8-5-13-2-1-7(8)11-15-10(16-18-11)9-6-17-4-3-14-9/h1-2,5,9,14H,3-4,6H2. The molecule has 0 aromatic carbocycles. The first-order valence-electron chi connectivity index (χ1n) is 5.59. The number of hydrogen-bond acceptors (Lipinski definition) is 6. The van der Waals surface area contributed by atoms with Crippen LogP contribution in [-0.4, -0.2) is 34.9 Å². The number of aromatic nitrogens is 3. The first-order chi connectivity index (χ1) is 8.84. The molecule has 0 bridgehead atoms. The molecule has 0 spiro atoms. The summed E-state index contributed by atoms with van der Waals surface area (Å²) < 4.78 is 10.6. The summed E-state index contributed by atoms with van der Waals surface area (Å²) in [5.41, 5.74) is 0.683. The predicted octanol–water partition coefficient (Wildman–Crippen LogP) is 1.45. The maximum atomic E-state index is 6.02. The number of nitrogens with zero attached hydrogens (tertiary/aromatic N) is 3. The lowest BCUT2D eigenvalue weighted by Crippen LogP contribution is -2.35. The van der Waals surface area contributed by atoms with Crippen molar-refractivity contribution in [2.75, 3.05) is 19.8 Å². The summed E-state index contributed by atoms with van der Waals surface area (Å²) in [4.78, 5) is 8.25. The molecule has 1 N–H and O–H groups in total. The zero-order valence-corrected chi connectivity index (χ0v) is 10.2. The van der Waals surface area contributed by atoms with Gasteiger partial charge in [-0.25, -0.2) is 0 Å². The van der Waals surface area contributed by atoms with E-state index in [9.17, 15) is 0 Å². The molecule has 0 saturated carbocycles. The van der Waals surface area contributed by atoms with Gasteiger partial charge in [-0.3, -0.25) is 4.98 Å². The second kappa shape index (κ2) is 5.01. The Bertz CT molecular complexity index is 539. The average Bonchev–Trinajstić information content (AvgIpc) is 2.90. The third-order valence-corrected chi connectivity index (χ3v) is 2.98. The van der Waals surface area contributed by atoms with Gasteiger partial charge >= 0.3 is 0 Å². The van der Waals surface area contributed by atoms with Crippen LogP contribution in [0.2, 0.25) is 5.02 Å². The number of halogens is 1. The van der Waals surface area contributed by atoms with Crippen LogP contribution in [0.25, 0.3) is 11.5 Å². The van der Waals surface area contributed by atoms with E-state index in [1.165, 1.54) is 0 Å². The highest BCUT2D eigenvalue weighted by Gasteiger charge is 2.22. The Morgan fingerprint density at radius 1 is 1.44 bits per heavy atom. The minimum absolute atomic E-state index is 0.0307. The summed E-state index contributed by atoms with van der Waals surface area (Å²) in [5, 5.41) is 7.70. The lowest BCUT2D eigenvalue weighted by molar-refractivity contribution is 0.0734. The second-order valence-electron chi connectivity index (χ2n) is 3.89. The number of nitrogens with one attached hydrogen (secondary N) is 1. The van der Waals surface area contributed by atoms with Gasteiger partial charge in [0.25, 0.3) is 5.89 Å². The van der Waals surface area contributed by atoms with Gasteiger partial charge in [0, 0.05) is 18.9 Å². The lowest BCUT2D eigenvalue weighted by atomic mass is 10.2. The van der Waals surface area contributed by atoms with Gasteiger partial charge in [0.2, 0.25) is 0 Å². The first kappa shape index (κ1) is 11.6. The largest absolute Gasteiger partial charge is 0.378 e. The van der Waals surface area contributed by atoms with Crippen LogP contribution in [0, 0.1) is 0 Å².